The Bertz CT molecular complexity index is 170. The van der Waals surface area contributed by atoms with Crippen molar-refractivity contribution in [1.82, 2.24) is 5.32 Å². The summed E-state index contributed by atoms with van der Waals surface area (Å²) in [6, 6.07) is 0. The number of rotatable bonds is 5. The van der Waals surface area contributed by atoms with Crippen molar-refractivity contribution >= 4 is 5.78 Å². The molecule has 0 heterocycles. The molecule has 11 heavy (non-hydrogen) atoms. The summed E-state index contributed by atoms with van der Waals surface area (Å²) in [6.07, 6.45) is 5.27. The molecule has 0 unspecified atom stereocenters. The van der Waals surface area contributed by atoms with E-state index in [0.717, 1.165) is 19.3 Å². The number of nitrogens with one attached hydrogen (secondary N) is 1. The predicted molar refractivity (Wildman–Crippen MR) is 45.5 cm³/mol. The first-order valence-electron chi connectivity index (χ1n) is 4.08. The van der Waals surface area contributed by atoms with Gasteiger partial charge in [-0.1, -0.05) is 6.08 Å². The van der Waals surface area contributed by atoms with Gasteiger partial charge in [-0.3, -0.25) is 4.79 Å². The summed E-state index contributed by atoms with van der Waals surface area (Å²) in [6.45, 7) is 3.59. The Morgan fingerprint density at radius 2 is 2.36 bits per heavy atom. The second-order valence-corrected chi connectivity index (χ2v) is 3.08. The van der Waals surface area contributed by atoms with Gasteiger partial charge < -0.3 is 5.32 Å². The SMILES string of the molecule is C=CCCC(=O)C1(NC)CC1. The largest absolute Gasteiger partial charge is 0.308 e. The maximum atomic E-state index is 11.4. The Morgan fingerprint density at radius 1 is 1.73 bits per heavy atom. The molecule has 0 bridgehead atoms. The number of Topliss-reactive ketones (excluding diaryl/α,β-unsaturated/α-hetero) is 1. The van der Waals surface area contributed by atoms with Gasteiger partial charge in [-0.25, -0.2) is 0 Å². The molecule has 2 heteroatoms. The van der Waals surface area contributed by atoms with Gasteiger partial charge in [0.15, 0.2) is 5.78 Å². The van der Waals surface area contributed by atoms with Crippen LogP contribution in [0.5, 0.6) is 0 Å². The Balaban J connectivity index is 2.35. The van der Waals surface area contributed by atoms with E-state index < -0.39 is 0 Å². The lowest BCUT2D eigenvalue weighted by molar-refractivity contribution is -0.121. The predicted octanol–water partition coefficient (Wildman–Crippen LogP) is 1.27. The van der Waals surface area contributed by atoms with Crippen LogP contribution in [-0.2, 0) is 4.79 Å². The first-order chi connectivity index (χ1) is 5.25. The molecule has 0 aromatic heterocycles. The van der Waals surface area contributed by atoms with E-state index in [1.165, 1.54) is 0 Å². The highest BCUT2D eigenvalue weighted by Crippen LogP contribution is 2.36. The highest BCUT2D eigenvalue weighted by atomic mass is 16.1. The van der Waals surface area contributed by atoms with Gasteiger partial charge >= 0.3 is 0 Å². The topological polar surface area (TPSA) is 29.1 Å². The van der Waals surface area contributed by atoms with E-state index >= 15 is 0 Å². The minimum atomic E-state index is -0.136. The van der Waals surface area contributed by atoms with Gasteiger partial charge in [-0.15, -0.1) is 6.58 Å². The van der Waals surface area contributed by atoms with Crippen LogP contribution < -0.4 is 5.32 Å². The maximum Gasteiger partial charge on any atom is 0.153 e. The Hall–Kier alpha value is -0.630. The van der Waals surface area contributed by atoms with E-state index in [1.54, 1.807) is 6.08 Å². The van der Waals surface area contributed by atoms with Crippen LogP contribution in [0.2, 0.25) is 0 Å². The lowest BCUT2D eigenvalue weighted by atomic mass is 10.1. The molecule has 62 valence electrons. The summed E-state index contributed by atoms with van der Waals surface area (Å²) >= 11 is 0. The van der Waals surface area contributed by atoms with Crippen LogP contribution in [0, 0.1) is 0 Å². The quantitative estimate of drug-likeness (QED) is 0.603. The van der Waals surface area contributed by atoms with Gasteiger partial charge in [0, 0.05) is 6.42 Å². The van der Waals surface area contributed by atoms with Crippen molar-refractivity contribution in [2.24, 2.45) is 0 Å². The summed E-state index contributed by atoms with van der Waals surface area (Å²) in [7, 11) is 1.86. The zero-order valence-corrected chi connectivity index (χ0v) is 7.02. The van der Waals surface area contributed by atoms with Crippen LogP contribution in [0.4, 0.5) is 0 Å². The van der Waals surface area contributed by atoms with Crippen LogP contribution in [-0.4, -0.2) is 18.4 Å². The summed E-state index contributed by atoms with van der Waals surface area (Å²) < 4.78 is 0. The van der Waals surface area contributed by atoms with E-state index in [0.29, 0.717) is 12.2 Å². The van der Waals surface area contributed by atoms with Crippen LogP contribution in [0.3, 0.4) is 0 Å². The van der Waals surface area contributed by atoms with E-state index in [4.69, 9.17) is 0 Å². The van der Waals surface area contributed by atoms with Crippen molar-refractivity contribution in [1.29, 1.82) is 0 Å². The molecule has 1 fully saturated rings. The molecule has 1 N–H and O–H groups in total. The molecule has 0 saturated heterocycles. The molecule has 1 aliphatic carbocycles. The Labute approximate surface area is 67.7 Å². The molecular formula is C9H15NO. The minimum absolute atomic E-state index is 0.136. The molecule has 0 atom stereocenters. The van der Waals surface area contributed by atoms with Gasteiger partial charge in [-0.2, -0.15) is 0 Å². The van der Waals surface area contributed by atoms with Crippen LogP contribution in [0.15, 0.2) is 12.7 Å². The zero-order chi connectivity index (χ0) is 8.32. The van der Waals surface area contributed by atoms with Crippen molar-refractivity contribution in [2.75, 3.05) is 7.05 Å². The second-order valence-electron chi connectivity index (χ2n) is 3.08. The average molecular weight is 153 g/mol. The highest BCUT2D eigenvalue weighted by Gasteiger charge is 2.47. The van der Waals surface area contributed by atoms with E-state index in [-0.39, 0.29) is 5.54 Å². The van der Waals surface area contributed by atoms with Crippen LogP contribution >= 0.6 is 0 Å². The van der Waals surface area contributed by atoms with Gasteiger partial charge in [0.25, 0.3) is 0 Å². The van der Waals surface area contributed by atoms with Crippen LogP contribution in [0.25, 0.3) is 0 Å². The molecule has 0 aromatic carbocycles. The fraction of sp³-hybridized carbons (Fsp3) is 0.667. The molecule has 0 aliphatic heterocycles. The lowest BCUT2D eigenvalue weighted by Crippen LogP contribution is -2.36. The number of likely N-dealkylation sites (N-methyl/N-ethyl adjacent to an activating group) is 1. The normalized spacial score (nSPS) is 19.4. The number of hydrogen-bond donors (Lipinski definition) is 1. The molecule has 1 aliphatic rings. The van der Waals surface area contributed by atoms with E-state index in [9.17, 15) is 4.79 Å². The van der Waals surface area contributed by atoms with Crippen molar-refractivity contribution in [3.05, 3.63) is 12.7 Å². The number of carbonyl (C=O) groups excluding carboxylic acids is 1. The Morgan fingerprint density at radius 3 is 2.73 bits per heavy atom. The molecule has 0 radical (unpaired) electrons. The monoisotopic (exact) mass is 153 g/mol. The minimum Gasteiger partial charge on any atom is -0.308 e. The van der Waals surface area contributed by atoms with Crippen molar-refractivity contribution in [2.45, 2.75) is 31.2 Å². The number of allylic oxidation sites excluding steroid dienone is 1. The third-order valence-electron chi connectivity index (χ3n) is 2.34. The molecule has 0 spiro atoms. The zero-order valence-electron chi connectivity index (χ0n) is 7.02. The summed E-state index contributed by atoms with van der Waals surface area (Å²) in [4.78, 5) is 11.4. The van der Waals surface area contributed by atoms with Gasteiger partial charge in [0.05, 0.1) is 5.54 Å². The van der Waals surface area contributed by atoms with Gasteiger partial charge in [0.1, 0.15) is 0 Å². The average Bonchev–Trinajstić information content (AvgIpc) is 2.80. The molecular weight excluding hydrogens is 138 g/mol. The van der Waals surface area contributed by atoms with Crippen molar-refractivity contribution in [3.63, 3.8) is 0 Å². The highest BCUT2D eigenvalue weighted by molar-refractivity contribution is 5.91. The molecule has 0 amide bonds. The first-order valence-corrected chi connectivity index (χ1v) is 4.08. The van der Waals surface area contributed by atoms with Crippen LogP contribution in [0.1, 0.15) is 25.7 Å². The smallest absolute Gasteiger partial charge is 0.153 e. The molecule has 1 rings (SSSR count). The summed E-state index contributed by atoms with van der Waals surface area (Å²) in [5.74, 6) is 0.347. The third-order valence-corrected chi connectivity index (χ3v) is 2.34. The molecule has 1 saturated carbocycles. The number of ketones is 1. The lowest BCUT2D eigenvalue weighted by Gasteiger charge is -2.10. The molecule has 2 nitrogen and oxygen atoms in total. The van der Waals surface area contributed by atoms with Crippen molar-refractivity contribution < 1.29 is 4.79 Å². The summed E-state index contributed by atoms with van der Waals surface area (Å²) in [5, 5.41) is 3.08. The fourth-order valence-corrected chi connectivity index (χ4v) is 1.27. The third kappa shape index (κ3) is 1.69. The summed E-state index contributed by atoms with van der Waals surface area (Å²) in [5.41, 5.74) is -0.136. The van der Waals surface area contributed by atoms with Gasteiger partial charge in [-0.05, 0) is 26.3 Å². The first kappa shape index (κ1) is 8.47. The number of hydrogen-bond acceptors (Lipinski definition) is 2. The van der Waals surface area contributed by atoms with Gasteiger partial charge in [0.2, 0.25) is 0 Å². The standard InChI is InChI=1S/C9H15NO/c1-3-4-5-8(11)9(10-2)6-7-9/h3,10H,1,4-7H2,2H3. The van der Waals surface area contributed by atoms with E-state index in [2.05, 4.69) is 11.9 Å². The van der Waals surface area contributed by atoms with E-state index in [1.807, 2.05) is 7.05 Å². The fourth-order valence-electron chi connectivity index (χ4n) is 1.27. The number of carbonyl (C=O) groups is 1. The second kappa shape index (κ2) is 3.18. The Kier molecular flexibility index (Phi) is 2.45. The maximum absolute atomic E-state index is 11.4. The molecule has 0 aromatic rings. The van der Waals surface area contributed by atoms with Crippen molar-refractivity contribution in [3.8, 4) is 0 Å².